The molecule has 0 bridgehead atoms. The number of amides is 2. The van der Waals surface area contributed by atoms with E-state index in [0.717, 1.165) is 0 Å². The number of hydrogen-bond donors (Lipinski definition) is 3. The Kier molecular flexibility index (Phi) is 3.35. The number of nitriles is 2. The molecule has 0 aromatic carbocycles. The SMILES string of the molecule is N#Cc1cnc(N(N)C(=O)NN)c(C#N)c1. The molecule has 0 saturated carbocycles. The number of nitrogens with two attached hydrogens (primary N) is 2. The predicted molar refractivity (Wildman–Crippen MR) is 53.1 cm³/mol. The van der Waals surface area contributed by atoms with Crippen LogP contribution in [0.4, 0.5) is 10.6 Å². The first kappa shape index (κ1) is 11.4. The van der Waals surface area contributed by atoms with E-state index < -0.39 is 6.03 Å². The van der Waals surface area contributed by atoms with Crippen molar-refractivity contribution < 1.29 is 4.79 Å². The lowest BCUT2D eigenvalue weighted by molar-refractivity contribution is 0.246. The monoisotopic (exact) mass is 217 g/mol. The highest BCUT2D eigenvalue weighted by molar-refractivity contribution is 5.90. The molecule has 0 aliphatic heterocycles. The molecule has 1 rings (SSSR count). The van der Waals surface area contributed by atoms with Crippen LogP contribution in [0.5, 0.6) is 0 Å². The standard InChI is InChI=1S/C8H7N7O/c9-2-5-1-6(3-10)7(13-4-5)15(12)8(16)14-11/h1,4H,11-12H2,(H,14,16). The zero-order valence-electron chi connectivity index (χ0n) is 8.01. The van der Waals surface area contributed by atoms with Gasteiger partial charge in [-0.25, -0.2) is 26.5 Å². The van der Waals surface area contributed by atoms with Crippen molar-refractivity contribution in [2.24, 2.45) is 11.7 Å². The number of aromatic nitrogens is 1. The third-order valence-corrected chi connectivity index (χ3v) is 1.69. The van der Waals surface area contributed by atoms with Gasteiger partial charge in [0, 0.05) is 6.20 Å². The number of nitrogens with zero attached hydrogens (tertiary/aromatic N) is 4. The average molecular weight is 217 g/mol. The maximum Gasteiger partial charge on any atom is 0.351 e. The predicted octanol–water partition coefficient (Wildman–Crippen LogP) is -0.912. The van der Waals surface area contributed by atoms with Crippen LogP contribution in [0.3, 0.4) is 0 Å². The fraction of sp³-hybridized carbons (Fsp3) is 0. The van der Waals surface area contributed by atoms with Gasteiger partial charge in [-0.05, 0) is 6.07 Å². The topological polar surface area (TPSA) is 145 Å². The summed E-state index contributed by atoms with van der Waals surface area (Å²) in [6.45, 7) is 0. The molecule has 0 aliphatic rings. The molecule has 1 aromatic rings. The van der Waals surface area contributed by atoms with Crippen molar-refractivity contribution in [1.29, 1.82) is 10.5 Å². The lowest BCUT2D eigenvalue weighted by atomic mass is 10.2. The molecule has 0 fully saturated rings. The summed E-state index contributed by atoms with van der Waals surface area (Å²) in [5.41, 5.74) is 1.99. The second-order valence-electron chi connectivity index (χ2n) is 2.64. The Morgan fingerprint density at radius 1 is 1.50 bits per heavy atom. The van der Waals surface area contributed by atoms with Gasteiger partial charge in [0.05, 0.1) is 11.1 Å². The molecule has 2 amide bonds. The summed E-state index contributed by atoms with van der Waals surface area (Å²) >= 11 is 0. The highest BCUT2D eigenvalue weighted by Gasteiger charge is 2.16. The van der Waals surface area contributed by atoms with Crippen LogP contribution in [-0.2, 0) is 0 Å². The minimum absolute atomic E-state index is 0.00477. The molecular formula is C8H7N7O. The van der Waals surface area contributed by atoms with Gasteiger partial charge >= 0.3 is 6.03 Å². The van der Waals surface area contributed by atoms with Gasteiger partial charge in [-0.2, -0.15) is 10.5 Å². The lowest BCUT2D eigenvalue weighted by Crippen LogP contribution is -2.48. The van der Waals surface area contributed by atoms with Crippen LogP contribution in [0.2, 0.25) is 0 Å². The second-order valence-corrected chi connectivity index (χ2v) is 2.64. The molecule has 8 heteroatoms. The van der Waals surface area contributed by atoms with Gasteiger partial charge in [-0.1, -0.05) is 0 Å². The fourth-order valence-corrected chi connectivity index (χ4v) is 0.959. The van der Waals surface area contributed by atoms with Crippen molar-refractivity contribution >= 4 is 11.8 Å². The lowest BCUT2D eigenvalue weighted by Gasteiger charge is -2.15. The fourth-order valence-electron chi connectivity index (χ4n) is 0.959. The number of anilines is 1. The summed E-state index contributed by atoms with van der Waals surface area (Å²) in [5, 5.41) is 18.0. The van der Waals surface area contributed by atoms with E-state index in [1.54, 1.807) is 11.5 Å². The Morgan fingerprint density at radius 3 is 2.69 bits per heavy atom. The number of hydrazine groups is 2. The van der Waals surface area contributed by atoms with Crippen LogP contribution in [0.25, 0.3) is 0 Å². The smallest absolute Gasteiger partial charge is 0.274 e. The molecule has 0 saturated heterocycles. The number of carbonyl (C=O) groups excluding carboxylic acids is 1. The van der Waals surface area contributed by atoms with Gasteiger partial charge in [0.15, 0.2) is 5.82 Å². The molecule has 0 atom stereocenters. The van der Waals surface area contributed by atoms with Gasteiger partial charge in [0.25, 0.3) is 0 Å². The minimum Gasteiger partial charge on any atom is -0.274 e. The molecular weight excluding hydrogens is 210 g/mol. The molecule has 0 unspecified atom stereocenters. The highest BCUT2D eigenvalue weighted by atomic mass is 16.2. The van der Waals surface area contributed by atoms with Crippen molar-refractivity contribution in [3.05, 3.63) is 23.4 Å². The zero-order chi connectivity index (χ0) is 12.1. The summed E-state index contributed by atoms with van der Waals surface area (Å²) < 4.78 is 0. The molecule has 0 spiro atoms. The number of hydrogen-bond acceptors (Lipinski definition) is 6. The quantitative estimate of drug-likeness (QED) is 0.315. The molecule has 16 heavy (non-hydrogen) atoms. The van der Waals surface area contributed by atoms with Crippen LogP contribution in [-0.4, -0.2) is 11.0 Å². The average Bonchev–Trinajstić information content (AvgIpc) is 2.35. The largest absolute Gasteiger partial charge is 0.351 e. The van der Waals surface area contributed by atoms with Crippen LogP contribution in [0.1, 0.15) is 11.1 Å². The summed E-state index contributed by atoms with van der Waals surface area (Å²) in [6.07, 6.45) is 1.19. The number of pyridine rings is 1. The summed E-state index contributed by atoms with van der Waals surface area (Å²) in [4.78, 5) is 14.8. The summed E-state index contributed by atoms with van der Waals surface area (Å²) in [7, 11) is 0. The summed E-state index contributed by atoms with van der Waals surface area (Å²) in [6, 6.07) is 4.03. The Hall–Kier alpha value is -2.68. The van der Waals surface area contributed by atoms with Crippen molar-refractivity contribution in [3.63, 3.8) is 0 Å². The number of urea groups is 1. The Morgan fingerprint density at radius 2 is 2.19 bits per heavy atom. The first-order valence-electron chi connectivity index (χ1n) is 3.99. The maximum atomic E-state index is 11.1. The molecule has 1 heterocycles. The van der Waals surface area contributed by atoms with Crippen molar-refractivity contribution in [2.45, 2.75) is 0 Å². The summed E-state index contributed by atoms with van der Waals surface area (Å²) in [5.74, 6) is 10.2. The Balaban J connectivity index is 3.21. The number of rotatable bonds is 1. The van der Waals surface area contributed by atoms with E-state index in [9.17, 15) is 4.79 Å². The van der Waals surface area contributed by atoms with E-state index in [0.29, 0.717) is 5.01 Å². The van der Waals surface area contributed by atoms with E-state index in [1.807, 2.05) is 6.07 Å². The van der Waals surface area contributed by atoms with Crippen LogP contribution in [0, 0.1) is 22.7 Å². The number of nitrogens with one attached hydrogen (secondary N) is 1. The van der Waals surface area contributed by atoms with Crippen molar-refractivity contribution in [2.75, 3.05) is 5.01 Å². The molecule has 0 radical (unpaired) electrons. The van der Waals surface area contributed by atoms with Crippen LogP contribution >= 0.6 is 0 Å². The third-order valence-electron chi connectivity index (χ3n) is 1.69. The molecule has 5 N–H and O–H groups in total. The van der Waals surface area contributed by atoms with Gasteiger partial charge in [-0.3, -0.25) is 5.43 Å². The van der Waals surface area contributed by atoms with Crippen LogP contribution in [0.15, 0.2) is 12.3 Å². The van der Waals surface area contributed by atoms with Gasteiger partial charge in [0.1, 0.15) is 12.1 Å². The van der Waals surface area contributed by atoms with E-state index in [1.165, 1.54) is 12.3 Å². The van der Waals surface area contributed by atoms with Gasteiger partial charge < -0.3 is 0 Å². The molecule has 8 nitrogen and oxygen atoms in total. The van der Waals surface area contributed by atoms with Crippen LogP contribution < -0.4 is 22.1 Å². The van der Waals surface area contributed by atoms with E-state index in [4.69, 9.17) is 22.2 Å². The number of carbonyl (C=O) groups is 1. The zero-order valence-corrected chi connectivity index (χ0v) is 8.01. The van der Waals surface area contributed by atoms with Crippen molar-refractivity contribution in [3.8, 4) is 12.1 Å². The normalized spacial score (nSPS) is 8.75. The van der Waals surface area contributed by atoms with Gasteiger partial charge in [-0.15, -0.1) is 0 Å². The second kappa shape index (κ2) is 4.70. The maximum absolute atomic E-state index is 11.1. The first-order valence-corrected chi connectivity index (χ1v) is 3.99. The Bertz CT molecular complexity index is 498. The molecule has 1 aromatic heterocycles. The van der Waals surface area contributed by atoms with Gasteiger partial charge in [0.2, 0.25) is 0 Å². The van der Waals surface area contributed by atoms with E-state index in [2.05, 4.69) is 4.98 Å². The molecule has 80 valence electrons. The minimum atomic E-state index is -0.825. The Labute approximate surface area is 90.6 Å². The highest BCUT2D eigenvalue weighted by Crippen LogP contribution is 2.15. The van der Waals surface area contributed by atoms with E-state index in [-0.39, 0.29) is 16.9 Å². The first-order chi connectivity index (χ1) is 7.63. The third kappa shape index (κ3) is 2.04. The van der Waals surface area contributed by atoms with E-state index >= 15 is 0 Å². The molecule has 0 aliphatic carbocycles. The van der Waals surface area contributed by atoms with Crippen molar-refractivity contribution in [1.82, 2.24) is 10.4 Å².